The van der Waals surface area contributed by atoms with Crippen LogP contribution >= 0.6 is 0 Å². The van der Waals surface area contributed by atoms with Gasteiger partial charge in [0.15, 0.2) is 0 Å². The van der Waals surface area contributed by atoms with Crippen molar-refractivity contribution in [1.29, 1.82) is 0 Å². The minimum Gasteiger partial charge on any atom is -0.497 e. The molecule has 2 aromatic rings. The molecule has 168 valence electrons. The molecule has 3 rings (SSSR count). The molecule has 2 amide bonds. The Morgan fingerprint density at radius 2 is 1.61 bits per heavy atom. The molecule has 0 saturated heterocycles. The third-order valence-corrected chi connectivity index (χ3v) is 6.94. The lowest BCUT2D eigenvalue weighted by Crippen LogP contribution is -2.50. The lowest BCUT2D eigenvalue weighted by molar-refractivity contribution is 0.0288. The molecular weight excluding hydrogens is 393 g/mol. The molecule has 0 bridgehead atoms. The van der Waals surface area contributed by atoms with Crippen molar-refractivity contribution in [2.75, 3.05) is 27.7 Å². The first-order valence-electron chi connectivity index (χ1n) is 10.8. The number of halogens is 1. The molecular formula is C25H34FN3O2. The minimum atomic E-state index is -0.403. The number of methoxy groups -OCH3 is 1. The van der Waals surface area contributed by atoms with Gasteiger partial charge >= 0.3 is 6.03 Å². The molecule has 31 heavy (non-hydrogen) atoms. The van der Waals surface area contributed by atoms with Gasteiger partial charge in [-0.3, -0.25) is 4.90 Å². The summed E-state index contributed by atoms with van der Waals surface area (Å²) >= 11 is 0. The van der Waals surface area contributed by atoms with Crippen molar-refractivity contribution in [2.45, 2.75) is 44.7 Å². The maximum absolute atomic E-state index is 13.5. The van der Waals surface area contributed by atoms with Crippen LogP contribution in [0, 0.1) is 11.2 Å². The summed E-state index contributed by atoms with van der Waals surface area (Å²) in [5, 5.41) is 0. The van der Waals surface area contributed by atoms with Gasteiger partial charge in [-0.1, -0.05) is 31.2 Å². The number of benzene rings is 2. The van der Waals surface area contributed by atoms with Crippen LogP contribution in [0.15, 0.2) is 48.5 Å². The van der Waals surface area contributed by atoms with Gasteiger partial charge in [0.05, 0.1) is 7.11 Å². The highest BCUT2D eigenvalue weighted by Gasteiger charge is 2.43. The molecule has 0 aliphatic heterocycles. The number of amides is 2. The number of urea groups is 1. The highest BCUT2D eigenvalue weighted by molar-refractivity contribution is 5.72. The first-order valence-corrected chi connectivity index (χ1v) is 10.8. The van der Waals surface area contributed by atoms with Crippen molar-refractivity contribution in [3.8, 4) is 5.75 Å². The molecule has 0 aromatic heterocycles. The van der Waals surface area contributed by atoms with Crippen molar-refractivity contribution in [1.82, 2.24) is 9.80 Å². The topological polar surface area (TPSA) is 58.8 Å². The van der Waals surface area contributed by atoms with Crippen molar-refractivity contribution in [3.05, 3.63) is 65.5 Å². The zero-order valence-corrected chi connectivity index (χ0v) is 19.0. The first kappa shape index (κ1) is 23.1. The van der Waals surface area contributed by atoms with Gasteiger partial charge in [0.2, 0.25) is 0 Å². The zero-order valence-electron chi connectivity index (χ0n) is 19.0. The van der Waals surface area contributed by atoms with Gasteiger partial charge in [-0.25, -0.2) is 9.18 Å². The molecule has 5 nitrogen and oxygen atoms in total. The van der Waals surface area contributed by atoms with Gasteiger partial charge in [-0.2, -0.15) is 0 Å². The minimum absolute atomic E-state index is 0.0267. The Morgan fingerprint density at radius 1 is 1.03 bits per heavy atom. The van der Waals surface area contributed by atoms with E-state index in [1.807, 2.05) is 36.4 Å². The molecule has 1 saturated carbocycles. The van der Waals surface area contributed by atoms with Crippen LogP contribution in [0.5, 0.6) is 5.75 Å². The molecule has 0 unspecified atom stereocenters. The van der Waals surface area contributed by atoms with E-state index in [0.717, 1.165) is 42.6 Å². The standard InChI is InChI=1S/C25H34FN3O2/c1-24(18-29(23(27)30)17-19-5-11-22(31-4)12-6-19)13-15-25(16-14-24,28(2)3)20-7-9-21(26)10-8-20/h5-12H,13-18H2,1-4H3,(H2,27,30). The van der Waals surface area contributed by atoms with Crippen molar-refractivity contribution in [3.63, 3.8) is 0 Å². The summed E-state index contributed by atoms with van der Waals surface area (Å²) in [5.74, 6) is 0.573. The third-order valence-electron chi connectivity index (χ3n) is 6.94. The Bertz CT molecular complexity index is 873. The van der Waals surface area contributed by atoms with Crippen LogP contribution in [0.25, 0.3) is 0 Å². The summed E-state index contributed by atoms with van der Waals surface area (Å²) in [4.78, 5) is 16.2. The average Bonchev–Trinajstić information content (AvgIpc) is 2.75. The molecule has 6 heteroatoms. The first-order chi connectivity index (χ1) is 14.7. The highest BCUT2D eigenvalue weighted by Crippen LogP contribution is 2.48. The van der Waals surface area contributed by atoms with Gasteiger partial charge in [-0.05, 0) is 80.6 Å². The maximum Gasteiger partial charge on any atom is 0.315 e. The van der Waals surface area contributed by atoms with Crippen LogP contribution in [-0.2, 0) is 12.1 Å². The fourth-order valence-electron chi connectivity index (χ4n) is 4.80. The number of nitrogens with zero attached hydrogens (tertiary/aromatic N) is 2. The Kier molecular flexibility index (Phi) is 6.90. The number of ether oxygens (including phenoxy) is 1. The van der Waals surface area contributed by atoms with Crippen LogP contribution < -0.4 is 10.5 Å². The number of rotatable bonds is 7. The summed E-state index contributed by atoms with van der Waals surface area (Å²) < 4.78 is 18.7. The monoisotopic (exact) mass is 427 g/mol. The largest absolute Gasteiger partial charge is 0.497 e. The van der Waals surface area contributed by atoms with Crippen molar-refractivity contribution < 1.29 is 13.9 Å². The second-order valence-electron chi connectivity index (χ2n) is 9.29. The van der Waals surface area contributed by atoms with Gasteiger partial charge < -0.3 is 15.4 Å². The fraction of sp³-hybridized carbons (Fsp3) is 0.480. The van der Waals surface area contributed by atoms with Crippen LogP contribution in [0.2, 0.25) is 0 Å². The normalized spacial score (nSPS) is 23.5. The van der Waals surface area contributed by atoms with Crippen LogP contribution in [0.4, 0.5) is 9.18 Å². The van der Waals surface area contributed by atoms with E-state index >= 15 is 0 Å². The van der Waals surface area contributed by atoms with E-state index in [-0.39, 0.29) is 16.8 Å². The van der Waals surface area contributed by atoms with E-state index in [1.165, 1.54) is 12.1 Å². The third kappa shape index (κ3) is 5.18. The lowest BCUT2D eigenvalue weighted by Gasteiger charge is -2.50. The summed E-state index contributed by atoms with van der Waals surface area (Å²) in [6, 6.07) is 14.2. The van der Waals surface area contributed by atoms with Gasteiger partial charge in [0, 0.05) is 18.6 Å². The molecule has 2 aromatic carbocycles. The summed E-state index contributed by atoms with van der Waals surface area (Å²) in [6.07, 6.45) is 3.79. The Morgan fingerprint density at radius 3 is 2.10 bits per heavy atom. The predicted octanol–water partition coefficient (Wildman–Crippen LogP) is 4.75. The van der Waals surface area contributed by atoms with E-state index in [9.17, 15) is 9.18 Å². The maximum atomic E-state index is 13.5. The number of hydrogen-bond donors (Lipinski definition) is 1. The number of hydrogen-bond acceptors (Lipinski definition) is 3. The summed E-state index contributed by atoms with van der Waals surface area (Å²) in [7, 11) is 5.81. The molecule has 0 spiro atoms. The lowest BCUT2D eigenvalue weighted by atomic mass is 9.65. The van der Waals surface area contributed by atoms with Crippen LogP contribution in [0.1, 0.15) is 43.7 Å². The molecule has 1 aliphatic carbocycles. The second kappa shape index (κ2) is 9.27. The molecule has 2 N–H and O–H groups in total. The van der Waals surface area contributed by atoms with Gasteiger partial charge in [0.25, 0.3) is 0 Å². The van der Waals surface area contributed by atoms with E-state index in [0.29, 0.717) is 13.1 Å². The van der Waals surface area contributed by atoms with Crippen molar-refractivity contribution >= 4 is 6.03 Å². The predicted molar refractivity (Wildman–Crippen MR) is 121 cm³/mol. The molecule has 0 atom stereocenters. The number of primary amides is 1. The SMILES string of the molecule is COc1ccc(CN(CC2(C)CCC(c3ccc(F)cc3)(N(C)C)CC2)C(N)=O)cc1. The molecule has 0 radical (unpaired) electrons. The second-order valence-corrected chi connectivity index (χ2v) is 9.29. The smallest absolute Gasteiger partial charge is 0.315 e. The quantitative estimate of drug-likeness (QED) is 0.694. The Labute approximate surface area is 185 Å². The number of carbonyl (C=O) groups is 1. The van der Waals surface area contributed by atoms with E-state index in [1.54, 1.807) is 12.0 Å². The highest BCUT2D eigenvalue weighted by atomic mass is 19.1. The molecule has 0 heterocycles. The summed E-state index contributed by atoms with van der Waals surface area (Å²) in [5.41, 5.74) is 7.76. The molecule has 1 aliphatic rings. The number of carbonyl (C=O) groups excluding carboxylic acids is 1. The molecule has 1 fully saturated rings. The Balaban J connectivity index is 1.72. The van der Waals surface area contributed by atoms with Gasteiger partial charge in [-0.15, -0.1) is 0 Å². The van der Waals surface area contributed by atoms with E-state index in [2.05, 4.69) is 25.9 Å². The van der Waals surface area contributed by atoms with Gasteiger partial charge in [0.1, 0.15) is 11.6 Å². The van der Waals surface area contributed by atoms with Crippen LogP contribution in [0.3, 0.4) is 0 Å². The van der Waals surface area contributed by atoms with Crippen molar-refractivity contribution in [2.24, 2.45) is 11.1 Å². The Hall–Kier alpha value is -2.60. The summed E-state index contributed by atoms with van der Waals surface area (Å²) in [6.45, 7) is 3.33. The number of nitrogens with two attached hydrogens (primary N) is 1. The van der Waals surface area contributed by atoms with Crippen LogP contribution in [-0.4, -0.2) is 43.6 Å². The average molecular weight is 428 g/mol. The zero-order chi connectivity index (χ0) is 22.6. The fourth-order valence-corrected chi connectivity index (χ4v) is 4.80. The van der Waals surface area contributed by atoms with E-state index < -0.39 is 6.03 Å². The van der Waals surface area contributed by atoms with E-state index in [4.69, 9.17) is 10.5 Å².